The minimum absolute atomic E-state index is 0.0654. The molecule has 1 heterocycles. The SMILES string of the molecule is Cn1cc(C(=O)N/N=C/c2ccc(Br)c([N+](=O)[O-])c2)c2ccccc21. The first-order chi connectivity index (χ1) is 12.0. The molecule has 0 atom stereocenters. The van der Waals surface area contributed by atoms with E-state index in [-0.39, 0.29) is 11.6 Å². The Balaban J connectivity index is 1.79. The van der Waals surface area contributed by atoms with Crippen molar-refractivity contribution in [3.63, 3.8) is 0 Å². The van der Waals surface area contributed by atoms with Crippen molar-refractivity contribution in [2.45, 2.75) is 0 Å². The van der Waals surface area contributed by atoms with Crippen molar-refractivity contribution < 1.29 is 9.72 Å². The van der Waals surface area contributed by atoms with E-state index in [1.165, 1.54) is 12.3 Å². The third kappa shape index (κ3) is 3.43. The molecule has 0 spiro atoms. The van der Waals surface area contributed by atoms with Crippen molar-refractivity contribution in [1.29, 1.82) is 0 Å². The normalized spacial score (nSPS) is 11.1. The fraction of sp³-hybridized carbons (Fsp3) is 0.0588. The molecule has 3 rings (SSSR count). The van der Waals surface area contributed by atoms with Gasteiger partial charge in [0.15, 0.2) is 0 Å². The number of nitro benzene ring substituents is 1. The number of aromatic nitrogens is 1. The van der Waals surface area contributed by atoms with Crippen LogP contribution in [0.15, 0.2) is 58.2 Å². The Bertz CT molecular complexity index is 1010. The van der Waals surface area contributed by atoms with Crippen molar-refractivity contribution in [3.05, 3.63) is 74.4 Å². The van der Waals surface area contributed by atoms with Crippen LogP contribution in [0.4, 0.5) is 5.69 Å². The molecular formula is C17H13BrN4O3. The van der Waals surface area contributed by atoms with Gasteiger partial charge in [0.1, 0.15) is 0 Å². The van der Waals surface area contributed by atoms with Crippen molar-refractivity contribution in [2.75, 3.05) is 0 Å². The summed E-state index contributed by atoms with van der Waals surface area (Å²) in [6.07, 6.45) is 3.10. The smallest absolute Gasteiger partial charge is 0.284 e. The molecule has 8 heteroatoms. The number of nitrogens with zero attached hydrogens (tertiary/aromatic N) is 3. The fourth-order valence-electron chi connectivity index (χ4n) is 2.50. The summed E-state index contributed by atoms with van der Waals surface area (Å²) < 4.78 is 2.25. The van der Waals surface area contributed by atoms with Crippen molar-refractivity contribution in [3.8, 4) is 0 Å². The second-order valence-corrected chi connectivity index (χ2v) is 6.19. The van der Waals surface area contributed by atoms with Gasteiger partial charge in [0.25, 0.3) is 11.6 Å². The second kappa shape index (κ2) is 6.86. The van der Waals surface area contributed by atoms with Crippen LogP contribution in [0.2, 0.25) is 0 Å². The van der Waals surface area contributed by atoms with E-state index in [9.17, 15) is 14.9 Å². The predicted molar refractivity (Wildman–Crippen MR) is 98.8 cm³/mol. The molecule has 0 aliphatic rings. The third-order valence-corrected chi connectivity index (χ3v) is 4.36. The third-order valence-electron chi connectivity index (χ3n) is 3.69. The lowest BCUT2D eigenvalue weighted by Crippen LogP contribution is -2.17. The largest absolute Gasteiger partial charge is 0.350 e. The van der Waals surface area contributed by atoms with Gasteiger partial charge in [-0.1, -0.05) is 24.3 Å². The number of nitrogens with one attached hydrogen (secondary N) is 1. The Morgan fingerprint density at radius 2 is 2.08 bits per heavy atom. The molecule has 1 amide bonds. The zero-order valence-electron chi connectivity index (χ0n) is 13.1. The van der Waals surface area contributed by atoms with Gasteiger partial charge in [-0.05, 0) is 28.1 Å². The summed E-state index contributed by atoms with van der Waals surface area (Å²) in [5.41, 5.74) is 4.35. The number of fused-ring (bicyclic) bond motifs is 1. The molecule has 0 aliphatic carbocycles. The Labute approximate surface area is 151 Å². The maximum Gasteiger partial charge on any atom is 0.284 e. The number of benzene rings is 2. The number of halogens is 1. The molecule has 3 aromatic rings. The molecule has 0 unspecified atom stereocenters. The predicted octanol–water partition coefficient (Wildman–Crippen LogP) is 3.61. The number of rotatable bonds is 4. The van der Waals surface area contributed by atoms with Crippen LogP contribution < -0.4 is 5.43 Å². The van der Waals surface area contributed by atoms with Crippen LogP contribution in [-0.4, -0.2) is 21.6 Å². The number of nitro groups is 1. The minimum Gasteiger partial charge on any atom is -0.350 e. The topological polar surface area (TPSA) is 89.5 Å². The number of para-hydroxylation sites is 1. The molecule has 0 aliphatic heterocycles. The lowest BCUT2D eigenvalue weighted by molar-refractivity contribution is -0.385. The number of hydrogen-bond donors (Lipinski definition) is 1. The van der Waals surface area contributed by atoms with Crippen LogP contribution in [0.25, 0.3) is 10.9 Å². The highest BCUT2D eigenvalue weighted by Crippen LogP contribution is 2.25. The van der Waals surface area contributed by atoms with E-state index in [0.29, 0.717) is 15.6 Å². The van der Waals surface area contributed by atoms with Gasteiger partial charge in [0, 0.05) is 35.8 Å². The quantitative estimate of drug-likeness (QED) is 0.412. The van der Waals surface area contributed by atoms with Gasteiger partial charge < -0.3 is 4.57 Å². The van der Waals surface area contributed by atoms with E-state index in [4.69, 9.17) is 0 Å². The number of hydrazone groups is 1. The van der Waals surface area contributed by atoms with Gasteiger partial charge in [-0.2, -0.15) is 5.10 Å². The lowest BCUT2D eigenvalue weighted by atomic mass is 10.2. The summed E-state index contributed by atoms with van der Waals surface area (Å²) in [6.45, 7) is 0. The summed E-state index contributed by atoms with van der Waals surface area (Å²) in [4.78, 5) is 22.8. The van der Waals surface area contributed by atoms with Crippen LogP contribution in [0, 0.1) is 10.1 Å². The molecule has 0 saturated heterocycles. The molecule has 25 heavy (non-hydrogen) atoms. The maximum absolute atomic E-state index is 12.3. The Morgan fingerprint density at radius 3 is 2.84 bits per heavy atom. The van der Waals surface area contributed by atoms with Crippen LogP contribution in [-0.2, 0) is 7.05 Å². The number of carbonyl (C=O) groups excluding carboxylic acids is 1. The maximum atomic E-state index is 12.3. The van der Waals surface area contributed by atoms with E-state index in [1.54, 1.807) is 18.3 Å². The molecule has 0 saturated carbocycles. The second-order valence-electron chi connectivity index (χ2n) is 5.34. The zero-order valence-corrected chi connectivity index (χ0v) is 14.7. The van der Waals surface area contributed by atoms with Crippen molar-refractivity contribution >= 4 is 44.6 Å². The molecular weight excluding hydrogens is 388 g/mol. The summed E-state index contributed by atoms with van der Waals surface area (Å²) in [5.74, 6) is -0.348. The molecule has 0 radical (unpaired) electrons. The Morgan fingerprint density at radius 1 is 1.32 bits per heavy atom. The van der Waals surface area contributed by atoms with Gasteiger partial charge in [0.05, 0.1) is 21.2 Å². The summed E-state index contributed by atoms with van der Waals surface area (Å²) in [6, 6.07) is 12.2. The fourth-order valence-corrected chi connectivity index (χ4v) is 2.89. The first-order valence-electron chi connectivity index (χ1n) is 7.29. The van der Waals surface area contributed by atoms with Gasteiger partial charge in [-0.15, -0.1) is 0 Å². The van der Waals surface area contributed by atoms with E-state index >= 15 is 0 Å². The van der Waals surface area contributed by atoms with Gasteiger partial charge in [-0.3, -0.25) is 14.9 Å². The molecule has 126 valence electrons. The highest BCUT2D eigenvalue weighted by Gasteiger charge is 2.13. The summed E-state index contributed by atoms with van der Waals surface area (Å²) in [5, 5.41) is 15.6. The lowest BCUT2D eigenvalue weighted by Gasteiger charge is -1.99. The van der Waals surface area contributed by atoms with E-state index in [1.807, 2.05) is 35.9 Å². The average Bonchev–Trinajstić information content (AvgIpc) is 2.93. The monoisotopic (exact) mass is 400 g/mol. The first-order valence-corrected chi connectivity index (χ1v) is 8.08. The first kappa shape index (κ1) is 16.8. The molecule has 0 bridgehead atoms. The van der Waals surface area contributed by atoms with Gasteiger partial charge in [0.2, 0.25) is 0 Å². The van der Waals surface area contributed by atoms with Crippen LogP contribution >= 0.6 is 15.9 Å². The van der Waals surface area contributed by atoms with E-state index in [2.05, 4.69) is 26.5 Å². The Kier molecular flexibility index (Phi) is 4.62. The number of carbonyl (C=O) groups is 1. The molecule has 1 aromatic heterocycles. The van der Waals surface area contributed by atoms with Crippen molar-refractivity contribution in [1.82, 2.24) is 9.99 Å². The summed E-state index contributed by atoms with van der Waals surface area (Å²) in [7, 11) is 1.86. The minimum atomic E-state index is -0.490. The number of amides is 1. The van der Waals surface area contributed by atoms with Crippen LogP contribution in [0.3, 0.4) is 0 Å². The standard InChI is InChI=1S/C17H13BrN4O3/c1-21-10-13(12-4-2-3-5-15(12)21)17(23)20-19-9-11-6-7-14(18)16(8-11)22(24)25/h2-10H,1H3,(H,20,23)/b19-9+. The molecule has 0 fully saturated rings. The molecule has 1 N–H and O–H groups in total. The number of hydrogen-bond acceptors (Lipinski definition) is 4. The van der Waals surface area contributed by atoms with Crippen molar-refractivity contribution in [2.24, 2.45) is 12.1 Å². The zero-order chi connectivity index (χ0) is 18.0. The van der Waals surface area contributed by atoms with Crippen LogP contribution in [0.1, 0.15) is 15.9 Å². The molecule has 7 nitrogen and oxygen atoms in total. The average molecular weight is 401 g/mol. The van der Waals surface area contributed by atoms with Gasteiger partial charge >= 0.3 is 0 Å². The van der Waals surface area contributed by atoms with Crippen LogP contribution in [0.5, 0.6) is 0 Å². The summed E-state index contributed by atoms with van der Waals surface area (Å²) >= 11 is 3.12. The van der Waals surface area contributed by atoms with Gasteiger partial charge in [-0.25, -0.2) is 5.43 Å². The molecule has 2 aromatic carbocycles. The van der Waals surface area contributed by atoms with E-state index < -0.39 is 4.92 Å². The highest BCUT2D eigenvalue weighted by molar-refractivity contribution is 9.10. The highest BCUT2D eigenvalue weighted by atomic mass is 79.9. The number of aryl methyl sites for hydroxylation is 1. The van der Waals surface area contributed by atoms with E-state index in [0.717, 1.165) is 10.9 Å². The Hall–Kier alpha value is -3.00.